The largest absolute Gasteiger partial charge is 0.368 e. The van der Waals surface area contributed by atoms with E-state index < -0.39 is 0 Å². The zero-order valence-electron chi connectivity index (χ0n) is 12.6. The summed E-state index contributed by atoms with van der Waals surface area (Å²) in [4.78, 5) is 17.6. The van der Waals surface area contributed by atoms with Gasteiger partial charge in [0.25, 0.3) is 0 Å². The Bertz CT molecular complexity index is 627. The molecule has 0 aliphatic heterocycles. The number of hydrogen-bond acceptors (Lipinski definition) is 4. The second kappa shape index (κ2) is 7.04. The summed E-state index contributed by atoms with van der Waals surface area (Å²) in [5.41, 5.74) is 7.29. The molecule has 0 aliphatic carbocycles. The maximum Gasteiger partial charge on any atom is 0.236 e. The molecular formula is C16H22N4O. The molecule has 2 aromatic rings. The van der Waals surface area contributed by atoms with Gasteiger partial charge < -0.3 is 16.0 Å². The quantitative estimate of drug-likeness (QED) is 0.759. The monoisotopic (exact) mass is 286 g/mol. The number of amides is 1. The molecule has 0 bridgehead atoms. The molecule has 0 saturated carbocycles. The summed E-state index contributed by atoms with van der Waals surface area (Å²) in [6, 6.07) is 10.1. The van der Waals surface area contributed by atoms with E-state index in [-0.39, 0.29) is 12.5 Å². The number of likely N-dealkylation sites (N-methyl/N-ethyl adjacent to an activating group) is 1. The molecule has 0 aliphatic rings. The average molecular weight is 286 g/mol. The zero-order valence-corrected chi connectivity index (χ0v) is 12.6. The van der Waals surface area contributed by atoms with Gasteiger partial charge in [0.05, 0.1) is 12.1 Å². The number of para-hydroxylation sites is 1. The third-order valence-corrected chi connectivity index (χ3v) is 3.28. The Morgan fingerprint density at radius 1 is 1.38 bits per heavy atom. The molecule has 1 heterocycles. The van der Waals surface area contributed by atoms with E-state index in [2.05, 4.69) is 23.3 Å². The number of anilines is 1. The molecule has 0 atom stereocenters. The van der Waals surface area contributed by atoms with Gasteiger partial charge in [-0.15, -0.1) is 0 Å². The summed E-state index contributed by atoms with van der Waals surface area (Å²) in [7, 11) is 1.84. The Kier molecular flexibility index (Phi) is 5.11. The lowest BCUT2D eigenvalue weighted by atomic mass is 10.1. The predicted octanol–water partition coefficient (Wildman–Crippen LogP) is 1.66. The highest BCUT2D eigenvalue weighted by Crippen LogP contribution is 2.22. The van der Waals surface area contributed by atoms with Crippen LogP contribution >= 0.6 is 0 Å². The summed E-state index contributed by atoms with van der Waals surface area (Å²) >= 11 is 0. The first-order chi connectivity index (χ1) is 10.1. The zero-order chi connectivity index (χ0) is 15.2. The Hall–Kier alpha value is -2.14. The van der Waals surface area contributed by atoms with Gasteiger partial charge in [-0.1, -0.05) is 25.1 Å². The Morgan fingerprint density at radius 3 is 2.86 bits per heavy atom. The number of benzene rings is 1. The van der Waals surface area contributed by atoms with Gasteiger partial charge in [0.2, 0.25) is 5.91 Å². The van der Waals surface area contributed by atoms with Crippen molar-refractivity contribution in [3.63, 3.8) is 0 Å². The fraction of sp³-hybridized carbons (Fsp3) is 0.375. The maximum absolute atomic E-state index is 11.2. The number of nitrogens with zero attached hydrogens (tertiary/aromatic N) is 2. The number of pyridine rings is 1. The number of primary amides is 1. The molecule has 1 amide bonds. The van der Waals surface area contributed by atoms with Gasteiger partial charge in [0, 0.05) is 24.5 Å². The van der Waals surface area contributed by atoms with Crippen LogP contribution in [-0.4, -0.2) is 31.0 Å². The van der Waals surface area contributed by atoms with Gasteiger partial charge in [-0.05, 0) is 25.1 Å². The number of carbonyl (C=O) groups excluding carboxylic acids is 1. The molecule has 0 radical (unpaired) electrons. The van der Waals surface area contributed by atoms with Gasteiger partial charge in [-0.2, -0.15) is 0 Å². The number of nitrogens with one attached hydrogen (secondary N) is 1. The molecular weight excluding hydrogens is 264 g/mol. The lowest BCUT2D eigenvalue weighted by molar-refractivity contribution is -0.116. The van der Waals surface area contributed by atoms with Gasteiger partial charge in [-0.25, -0.2) is 4.98 Å². The van der Waals surface area contributed by atoms with E-state index in [0.717, 1.165) is 41.8 Å². The fourth-order valence-electron chi connectivity index (χ4n) is 2.32. The minimum Gasteiger partial charge on any atom is -0.368 e. The lowest BCUT2D eigenvalue weighted by Gasteiger charge is -2.20. The van der Waals surface area contributed by atoms with Crippen molar-refractivity contribution >= 4 is 22.6 Å². The van der Waals surface area contributed by atoms with Crippen molar-refractivity contribution in [1.29, 1.82) is 0 Å². The second-order valence-corrected chi connectivity index (χ2v) is 5.16. The molecule has 0 saturated heterocycles. The van der Waals surface area contributed by atoms with Crippen molar-refractivity contribution in [1.82, 2.24) is 10.3 Å². The van der Waals surface area contributed by atoms with Crippen molar-refractivity contribution in [2.24, 2.45) is 5.73 Å². The summed E-state index contributed by atoms with van der Waals surface area (Å²) in [5, 5.41) is 4.48. The minimum absolute atomic E-state index is 0.159. The average Bonchev–Trinajstić information content (AvgIpc) is 2.46. The number of carbonyl (C=O) groups is 1. The first kappa shape index (κ1) is 15.3. The van der Waals surface area contributed by atoms with Gasteiger partial charge in [0.15, 0.2) is 0 Å². The number of rotatable bonds is 7. The van der Waals surface area contributed by atoms with Gasteiger partial charge >= 0.3 is 0 Å². The normalized spacial score (nSPS) is 10.8. The van der Waals surface area contributed by atoms with Gasteiger partial charge in [-0.3, -0.25) is 4.79 Å². The molecule has 1 aromatic carbocycles. The lowest BCUT2D eigenvalue weighted by Crippen LogP contribution is -2.32. The number of aromatic nitrogens is 1. The predicted molar refractivity (Wildman–Crippen MR) is 86.2 cm³/mol. The van der Waals surface area contributed by atoms with Crippen LogP contribution in [0.4, 0.5) is 5.82 Å². The van der Waals surface area contributed by atoms with E-state index in [1.807, 2.05) is 31.3 Å². The summed E-state index contributed by atoms with van der Waals surface area (Å²) < 4.78 is 0. The van der Waals surface area contributed by atoms with Crippen molar-refractivity contribution < 1.29 is 4.79 Å². The summed E-state index contributed by atoms with van der Waals surface area (Å²) in [5.74, 6) is 0.441. The first-order valence-corrected chi connectivity index (χ1v) is 7.20. The van der Waals surface area contributed by atoms with Crippen LogP contribution in [-0.2, 0) is 11.3 Å². The molecule has 0 unspecified atom stereocenters. The number of nitrogens with two attached hydrogens (primary N) is 1. The Morgan fingerprint density at radius 2 is 2.14 bits per heavy atom. The van der Waals surface area contributed by atoms with Gasteiger partial charge in [0.1, 0.15) is 5.82 Å². The van der Waals surface area contributed by atoms with E-state index in [1.165, 1.54) is 0 Å². The first-order valence-electron chi connectivity index (χ1n) is 7.20. The topological polar surface area (TPSA) is 71.2 Å². The molecule has 0 fully saturated rings. The van der Waals surface area contributed by atoms with Crippen LogP contribution in [0.5, 0.6) is 0 Å². The molecule has 0 spiro atoms. The molecule has 5 nitrogen and oxygen atoms in total. The molecule has 2 rings (SSSR count). The van der Waals surface area contributed by atoms with Crippen LogP contribution in [0.3, 0.4) is 0 Å². The van der Waals surface area contributed by atoms with E-state index in [4.69, 9.17) is 5.73 Å². The van der Waals surface area contributed by atoms with Crippen LogP contribution in [0.25, 0.3) is 10.9 Å². The number of hydrogen-bond donors (Lipinski definition) is 2. The summed E-state index contributed by atoms with van der Waals surface area (Å²) in [6.45, 7) is 3.97. The molecule has 1 aromatic heterocycles. The van der Waals surface area contributed by atoms with E-state index in [9.17, 15) is 4.79 Å². The third kappa shape index (κ3) is 3.92. The van der Waals surface area contributed by atoms with E-state index in [1.54, 1.807) is 4.90 Å². The molecule has 112 valence electrons. The maximum atomic E-state index is 11.2. The Labute approximate surface area is 125 Å². The number of fused-ring (bicyclic) bond motifs is 1. The SMILES string of the molecule is CCCNCc1cc2ccccc2nc1N(C)CC(N)=O. The highest BCUT2D eigenvalue weighted by Gasteiger charge is 2.12. The molecule has 3 N–H and O–H groups in total. The van der Waals surface area contributed by atoms with E-state index >= 15 is 0 Å². The van der Waals surface area contributed by atoms with Crippen LogP contribution in [0, 0.1) is 0 Å². The molecule has 21 heavy (non-hydrogen) atoms. The van der Waals surface area contributed by atoms with Crippen molar-refractivity contribution in [3.8, 4) is 0 Å². The van der Waals surface area contributed by atoms with E-state index in [0.29, 0.717) is 0 Å². The molecule has 5 heteroatoms. The Balaban J connectivity index is 2.37. The van der Waals surface area contributed by atoms with Crippen molar-refractivity contribution in [2.75, 3.05) is 25.0 Å². The summed E-state index contributed by atoms with van der Waals surface area (Å²) in [6.07, 6.45) is 1.08. The van der Waals surface area contributed by atoms with Crippen LogP contribution in [0.2, 0.25) is 0 Å². The fourth-order valence-corrected chi connectivity index (χ4v) is 2.32. The minimum atomic E-state index is -0.361. The van der Waals surface area contributed by atoms with Crippen LogP contribution < -0.4 is 16.0 Å². The smallest absolute Gasteiger partial charge is 0.236 e. The highest BCUT2D eigenvalue weighted by atomic mass is 16.1. The van der Waals surface area contributed by atoms with Crippen LogP contribution in [0.1, 0.15) is 18.9 Å². The third-order valence-electron chi connectivity index (χ3n) is 3.28. The second-order valence-electron chi connectivity index (χ2n) is 5.16. The highest BCUT2D eigenvalue weighted by molar-refractivity contribution is 5.83. The van der Waals surface area contributed by atoms with Crippen LogP contribution in [0.15, 0.2) is 30.3 Å². The van der Waals surface area contributed by atoms with Crippen molar-refractivity contribution in [2.45, 2.75) is 19.9 Å². The standard InChI is InChI=1S/C16H22N4O/c1-3-8-18-10-13-9-12-6-4-5-7-14(12)19-16(13)20(2)11-15(17)21/h4-7,9,18H,3,8,10-11H2,1-2H3,(H2,17,21). The van der Waals surface area contributed by atoms with Crippen molar-refractivity contribution in [3.05, 3.63) is 35.9 Å².